The molecule has 7 heteroatoms. The predicted molar refractivity (Wildman–Crippen MR) is 79.0 cm³/mol. The van der Waals surface area contributed by atoms with E-state index in [4.69, 9.17) is 0 Å². The van der Waals surface area contributed by atoms with Crippen LogP contribution in [-0.2, 0) is 22.4 Å². The number of aromatic nitrogens is 1. The number of nitrogens with zero attached hydrogens (tertiary/aromatic N) is 2. The molecule has 0 saturated carbocycles. The van der Waals surface area contributed by atoms with Gasteiger partial charge in [0.15, 0.2) is 0 Å². The van der Waals surface area contributed by atoms with Gasteiger partial charge >= 0.3 is 0 Å². The number of nitrogens with one attached hydrogen (secondary N) is 1. The first-order valence-electron chi connectivity index (χ1n) is 7.12. The first-order valence-corrected chi connectivity index (χ1v) is 8.11. The van der Waals surface area contributed by atoms with Crippen LogP contribution in [0.25, 0.3) is 0 Å². The second-order valence-corrected chi connectivity index (χ2v) is 6.02. The van der Waals surface area contributed by atoms with Gasteiger partial charge in [-0.2, -0.15) is 5.26 Å². The van der Waals surface area contributed by atoms with Crippen molar-refractivity contribution in [1.29, 1.82) is 5.26 Å². The summed E-state index contributed by atoms with van der Waals surface area (Å²) in [6.07, 6.45) is 5.19. The minimum atomic E-state index is -1.33. The van der Waals surface area contributed by atoms with Gasteiger partial charge in [0, 0.05) is 5.69 Å². The quantitative estimate of drug-likeness (QED) is 0.613. The van der Waals surface area contributed by atoms with Gasteiger partial charge in [0.25, 0.3) is 0 Å². The van der Waals surface area contributed by atoms with E-state index in [2.05, 4.69) is 16.4 Å². The largest absolute Gasteiger partial charge is 0.548 e. The van der Waals surface area contributed by atoms with E-state index in [0.29, 0.717) is 10.6 Å². The Labute approximate surface area is 132 Å². The minimum absolute atomic E-state index is 0.0216. The predicted octanol–water partition coefficient (Wildman–Crippen LogP) is 0.180. The number of amides is 1. The summed E-state index contributed by atoms with van der Waals surface area (Å²) < 4.78 is 0. The van der Waals surface area contributed by atoms with Crippen molar-refractivity contribution in [3.63, 3.8) is 0 Å². The Bertz CT molecular complexity index is 625. The number of nitriles is 1. The zero-order valence-corrected chi connectivity index (χ0v) is 12.9. The average Bonchev–Trinajstić information content (AvgIpc) is 2.74. The van der Waals surface area contributed by atoms with Gasteiger partial charge in [-0.05, 0) is 37.3 Å². The van der Waals surface area contributed by atoms with Gasteiger partial charge in [0.05, 0.1) is 23.8 Å². The zero-order chi connectivity index (χ0) is 15.9. The molecule has 0 spiro atoms. The lowest BCUT2D eigenvalue weighted by Gasteiger charge is -2.10. The molecular formula is C15H16N3O3S-. The number of carboxylic acids is 1. The van der Waals surface area contributed by atoms with E-state index in [-0.39, 0.29) is 5.75 Å². The number of hydrogen-bond donors (Lipinski definition) is 1. The zero-order valence-electron chi connectivity index (χ0n) is 12.1. The van der Waals surface area contributed by atoms with Crippen LogP contribution in [0.2, 0.25) is 0 Å². The van der Waals surface area contributed by atoms with Crippen molar-refractivity contribution < 1.29 is 14.7 Å². The molecule has 0 unspecified atom stereocenters. The number of hydrogen-bond acceptors (Lipinski definition) is 6. The third kappa shape index (κ3) is 4.46. The number of fused-ring (bicyclic) bond motifs is 1. The van der Waals surface area contributed by atoms with Crippen LogP contribution in [0.15, 0.2) is 11.1 Å². The van der Waals surface area contributed by atoms with E-state index < -0.39 is 18.4 Å². The van der Waals surface area contributed by atoms with Crippen molar-refractivity contribution in [2.45, 2.75) is 37.1 Å². The van der Waals surface area contributed by atoms with Gasteiger partial charge in [-0.25, -0.2) is 4.98 Å². The number of carbonyl (C=O) groups is 2. The van der Waals surface area contributed by atoms with Crippen molar-refractivity contribution in [2.24, 2.45) is 0 Å². The Morgan fingerprint density at radius 2 is 2.14 bits per heavy atom. The highest BCUT2D eigenvalue weighted by molar-refractivity contribution is 8.00. The van der Waals surface area contributed by atoms with Crippen molar-refractivity contribution in [3.05, 3.63) is 22.9 Å². The number of carbonyl (C=O) groups excluding carboxylic acids is 2. The maximum atomic E-state index is 11.5. The smallest absolute Gasteiger partial charge is 0.230 e. The SMILES string of the molecule is N#Cc1cc2c(nc1SCC(=O)NCC(=O)[O-])CCCCC2. The lowest BCUT2D eigenvalue weighted by Crippen LogP contribution is -2.38. The average molecular weight is 318 g/mol. The highest BCUT2D eigenvalue weighted by atomic mass is 32.2. The lowest BCUT2D eigenvalue weighted by molar-refractivity contribution is -0.303. The summed E-state index contributed by atoms with van der Waals surface area (Å²) in [4.78, 5) is 26.4. The van der Waals surface area contributed by atoms with E-state index in [1.54, 1.807) is 0 Å². The third-order valence-electron chi connectivity index (χ3n) is 3.41. The summed E-state index contributed by atoms with van der Waals surface area (Å²) in [5.74, 6) is -1.73. The van der Waals surface area contributed by atoms with Gasteiger partial charge in [-0.15, -0.1) is 0 Å². The Kier molecular flexibility index (Phi) is 5.78. The normalized spacial score (nSPS) is 13.6. The van der Waals surface area contributed by atoms with E-state index in [1.165, 1.54) is 0 Å². The first kappa shape index (κ1) is 16.3. The molecule has 0 bridgehead atoms. The highest BCUT2D eigenvalue weighted by Gasteiger charge is 2.15. The Morgan fingerprint density at radius 3 is 2.86 bits per heavy atom. The van der Waals surface area contributed by atoms with Crippen LogP contribution in [-0.4, -0.2) is 29.2 Å². The first-order chi connectivity index (χ1) is 10.6. The Balaban J connectivity index is 2.07. The molecule has 1 aromatic heterocycles. The summed E-state index contributed by atoms with van der Waals surface area (Å²) in [5, 5.41) is 22.3. The fourth-order valence-electron chi connectivity index (χ4n) is 2.34. The molecule has 0 aliphatic heterocycles. The number of rotatable bonds is 5. The fraction of sp³-hybridized carbons (Fsp3) is 0.467. The summed E-state index contributed by atoms with van der Waals surface area (Å²) in [6.45, 7) is -0.512. The number of aliphatic carboxylic acids is 1. The molecule has 0 saturated heterocycles. The maximum absolute atomic E-state index is 11.5. The van der Waals surface area contributed by atoms with E-state index in [9.17, 15) is 20.0 Å². The summed E-state index contributed by atoms with van der Waals surface area (Å²) >= 11 is 1.15. The van der Waals surface area contributed by atoms with Crippen LogP contribution < -0.4 is 10.4 Å². The van der Waals surface area contributed by atoms with Gasteiger partial charge in [0.2, 0.25) is 5.91 Å². The van der Waals surface area contributed by atoms with Gasteiger partial charge < -0.3 is 15.2 Å². The molecule has 0 atom stereocenters. The van der Waals surface area contributed by atoms with E-state index in [0.717, 1.165) is 55.1 Å². The Morgan fingerprint density at radius 1 is 1.36 bits per heavy atom. The third-order valence-corrected chi connectivity index (χ3v) is 4.40. The number of thioether (sulfide) groups is 1. The molecule has 2 rings (SSSR count). The number of pyridine rings is 1. The summed E-state index contributed by atoms with van der Waals surface area (Å²) in [6, 6.07) is 3.99. The monoisotopic (exact) mass is 318 g/mol. The number of aryl methyl sites for hydroxylation is 2. The molecular weight excluding hydrogens is 302 g/mol. The van der Waals surface area contributed by atoms with Crippen LogP contribution in [0.4, 0.5) is 0 Å². The van der Waals surface area contributed by atoms with Crippen molar-refractivity contribution >= 4 is 23.6 Å². The molecule has 22 heavy (non-hydrogen) atoms. The molecule has 116 valence electrons. The van der Waals surface area contributed by atoms with Gasteiger partial charge in [-0.3, -0.25) is 4.79 Å². The summed E-state index contributed by atoms with van der Waals surface area (Å²) in [5.41, 5.74) is 2.60. The topological polar surface area (TPSA) is 106 Å². The maximum Gasteiger partial charge on any atom is 0.230 e. The summed E-state index contributed by atoms with van der Waals surface area (Å²) in [7, 11) is 0. The van der Waals surface area contributed by atoms with Crippen LogP contribution >= 0.6 is 11.8 Å². The molecule has 1 aromatic rings. The van der Waals surface area contributed by atoms with Gasteiger partial charge in [0.1, 0.15) is 11.1 Å². The minimum Gasteiger partial charge on any atom is -0.548 e. The van der Waals surface area contributed by atoms with Crippen molar-refractivity contribution in [1.82, 2.24) is 10.3 Å². The molecule has 1 heterocycles. The van der Waals surface area contributed by atoms with Crippen molar-refractivity contribution in [3.8, 4) is 6.07 Å². The van der Waals surface area contributed by atoms with Crippen LogP contribution in [0.3, 0.4) is 0 Å². The lowest BCUT2D eigenvalue weighted by atomic mass is 10.1. The molecule has 0 aromatic carbocycles. The van der Waals surface area contributed by atoms with Gasteiger partial charge in [-0.1, -0.05) is 18.2 Å². The molecule has 1 amide bonds. The van der Waals surface area contributed by atoms with Crippen LogP contribution in [0.5, 0.6) is 0 Å². The molecule has 6 nitrogen and oxygen atoms in total. The van der Waals surface area contributed by atoms with Crippen LogP contribution in [0.1, 0.15) is 36.1 Å². The molecule has 1 N–H and O–H groups in total. The standard InChI is InChI=1S/C15H17N3O3S/c16-7-11-6-10-4-2-1-3-5-12(10)18-15(11)22-9-13(19)17-8-14(20)21/h6H,1-5,8-9H2,(H,17,19)(H,20,21)/p-1. The number of carboxylic acid groups (broad SMARTS) is 1. The highest BCUT2D eigenvalue weighted by Crippen LogP contribution is 2.26. The molecule has 0 radical (unpaired) electrons. The van der Waals surface area contributed by atoms with Crippen LogP contribution in [0, 0.1) is 11.3 Å². The van der Waals surface area contributed by atoms with Crippen molar-refractivity contribution in [2.75, 3.05) is 12.3 Å². The second kappa shape index (κ2) is 7.80. The second-order valence-electron chi connectivity index (χ2n) is 5.06. The molecule has 0 fully saturated rings. The fourth-order valence-corrected chi connectivity index (χ4v) is 3.14. The van der Waals surface area contributed by atoms with E-state index in [1.807, 2.05) is 6.07 Å². The Hall–Kier alpha value is -2.07. The van der Waals surface area contributed by atoms with E-state index >= 15 is 0 Å². The molecule has 1 aliphatic rings. The molecule has 1 aliphatic carbocycles.